The lowest BCUT2D eigenvalue weighted by molar-refractivity contribution is -0.142. The summed E-state index contributed by atoms with van der Waals surface area (Å²) in [6.45, 7) is 8.37. The van der Waals surface area contributed by atoms with Gasteiger partial charge in [0.1, 0.15) is 54.1 Å². The minimum atomic E-state index is -1.90. The number of aliphatic hydroxyl groups is 1. The second-order valence-electron chi connectivity index (χ2n) is 18.1. The van der Waals surface area contributed by atoms with Crippen LogP contribution < -0.4 is 65.5 Å². The van der Waals surface area contributed by atoms with Gasteiger partial charge < -0.3 is 85.9 Å². The number of aliphatic imine (C=N–C) groups is 1. The second kappa shape index (κ2) is 31.7. The number of benzene rings is 1. The number of amides is 9. The number of aromatic hydroxyl groups is 1. The molecule has 0 aliphatic rings. The SMILES string of the molecule is CC(C)C[C@H](NC(=O)[C@H](C)N)C(=O)N[C@@H](Cc1ccc(O)cc1)C(=O)N[C@@H](CC(=O)O)C(=O)N[C@@H](CC(C)C)C(=O)N[C@@H](CCC(N)=O)C(=O)N[C@@H](CCCN=C(N)N)C(=O)N[C@@H](CO)C(=O)N[C@@H](C)C(=O)O. The number of aliphatic carboxylic acids is 2. The van der Waals surface area contributed by atoms with Crippen LogP contribution in [-0.4, -0.2) is 159 Å². The number of carbonyl (C=O) groups excluding carboxylic acids is 9. The highest BCUT2D eigenvalue weighted by Crippen LogP contribution is 2.14. The molecule has 1 aromatic carbocycles. The topological polar surface area (TPSA) is 481 Å². The van der Waals surface area contributed by atoms with E-state index in [0.717, 1.165) is 6.92 Å². The number of carboxylic acids is 2. The molecule has 0 saturated carbocycles. The lowest BCUT2D eigenvalue weighted by Gasteiger charge is -2.28. The number of nitrogens with one attached hydrogen (secondary N) is 8. The fourth-order valence-electron chi connectivity index (χ4n) is 6.70. The third kappa shape index (κ3) is 24.9. The molecule has 0 aliphatic carbocycles. The molecule has 28 heteroatoms. The standard InChI is InChI=1S/C45H73N13O15/c1-21(2)16-29(54-36(64)23(5)46)40(68)56-31(18-25-9-11-26(60)12-10-25)41(69)57-32(19-35(62)63)42(70)55-30(17-22(3)4)39(67)53-28(13-14-34(47)61)38(66)52-27(8-7-15-50-45(48)49)37(65)58-33(20-59)43(71)51-24(6)44(72)73/h9-12,21-24,27-33,59-60H,7-8,13-20,46H2,1-6H3,(H2,47,61)(H,51,71)(H,52,66)(H,53,67)(H,54,64)(H,55,70)(H,56,68)(H,57,69)(H,58,65)(H,62,63)(H,72,73)(H4,48,49,50)/t23-,24-,27-,28-,29-,30-,31-,32-,33-/m0/s1. The number of phenolic OH excluding ortho intramolecular Hbond substituents is 1. The summed E-state index contributed by atoms with van der Waals surface area (Å²) in [5.41, 5.74) is 22.3. The zero-order chi connectivity index (χ0) is 55.7. The van der Waals surface area contributed by atoms with Gasteiger partial charge in [-0.25, -0.2) is 0 Å². The normalized spacial score (nSPS) is 14.7. The molecule has 1 aromatic rings. The quantitative estimate of drug-likeness (QED) is 0.0178. The summed E-state index contributed by atoms with van der Waals surface area (Å²) in [6.07, 6.45) is -2.49. The maximum absolute atomic E-state index is 14.1. The number of nitrogens with zero attached hydrogens (tertiary/aromatic N) is 1. The first kappa shape index (κ1) is 63.4. The molecular formula is C45H73N13O15. The van der Waals surface area contributed by atoms with E-state index in [2.05, 4.69) is 47.5 Å². The third-order valence-electron chi connectivity index (χ3n) is 10.6. The molecule has 0 aromatic heterocycles. The smallest absolute Gasteiger partial charge is 0.325 e. The van der Waals surface area contributed by atoms with Gasteiger partial charge in [0.2, 0.25) is 53.2 Å². The lowest BCUT2D eigenvalue weighted by Crippen LogP contribution is -2.61. The number of phenols is 1. The molecule has 0 spiro atoms. The van der Waals surface area contributed by atoms with Crippen molar-refractivity contribution in [1.82, 2.24) is 42.5 Å². The molecule has 0 radical (unpaired) electrons. The molecular weight excluding hydrogens is 963 g/mol. The Morgan fingerprint density at radius 3 is 1.41 bits per heavy atom. The van der Waals surface area contributed by atoms with Crippen LogP contribution in [0.4, 0.5) is 0 Å². The van der Waals surface area contributed by atoms with Crippen molar-refractivity contribution in [1.29, 1.82) is 0 Å². The molecule has 0 fully saturated rings. The molecule has 9 amide bonds. The van der Waals surface area contributed by atoms with Crippen molar-refractivity contribution < 1.29 is 73.2 Å². The van der Waals surface area contributed by atoms with Gasteiger partial charge >= 0.3 is 11.9 Å². The second-order valence-corrected chi connectivity index (χ2v) is 18.1. The molecule has 1 rings (SSSR count). The highest BCUT2D eigenvalue weighted by Gasteiger charge is 2.36. The van der Waals surface area contributed by atoms with Crippen LogP contribution >= 0.6 is 0 Å². The molecule has 0 aliphatic heterocycles. The minimum absolute atomic E-state index is 0.0338. The van der Waals surface area contributed by atoms with E-state index in [-0.39, 0.29) is 62.2 Å². The fourth-order valence-corrected chi connectivity index (χ4v) is 6.70. The zero-order valence-electron chi connectivity index (χ0n) is 41.8. The summed E-state index contributed by atoms with van der Waals surface area (Å²) in [5.74, 6) is -12.8. The summed E-state index contributed by atoms with van der Waals surface area (Å²) < 4.78 is 0. The van der Waals surface area contributed by atoms with Crippen LogP contribution in [0.25, 0.3) is 0 Å². The van der Waals surface area contributed by atoms with Crippen LogP contribution in [0.15, 0.2) is 29.3 Å². The van der Waals surface area contributed by atoms with Crippen LogP contribution in [0.1, 0.15) is 92.1 Å². The highest BCUT2D eigenvalue weighted by atomic mass is 16.4. The van der Waals surface area contributed by atoms with Crippen molar-refractivity contribution in [2.45, 2.75) is 147 Å². The Balaban J connectivity index is 3.59. The van der Waals surface area contributed by atoms with Crippen molar-refractivity contribution in [2.24, 2.45) is 39.8 Å². The Hall–Kier alpha value is -7.62. The first-order chi connectivity index (χ1) is 34.0. The van der Waals surface area contributed by atoms with Gasteiger partial charge in [-0.1, -0.05) is 39.8 Å². The first-order valence-electron chi connectivity index (χ1n) is 23.4. The third-order valence-corrected chi connectivity index (χ3v) is 10.6. The summed E-state index contributed by atoms with van der Waals surface area (Å²) in [6, 6.07) is -7.95. The molecule has 9 atom stereocenters. The summed E-state index contributed by atoms with van der Waals surface area (Å²) >= 11 is 0. The molecule has 20 N–H and O–H groups in total. The van der Waals surface area contributed by atoms with E-state index < -0.39 is 145 Å². The Bertz CT molecular complexity index is 2120. The van der Waals surface area contributed by atoms with Gasteiger partial charge in [-0.15, -0.1) is 0 Å². The van der Waals surface area contributed by atoms with Crippen LogP contribution in [-0.2, 0) is 59.2 Å². The predicted molar refractivity (Wildman–Crippen MR) is 261 cm³/mol. The number of rotatable bonds is 33. The monoisotopic (exact) mass is 1040 g/mol. The molecule has 28 nitrogen and oxygen atoms in total. The van der Waals surface area contributed by atoms with Crippen LogP contribution in [0.5, 0.6) is 5.75 Å². The van der Waals surface area contributed by atoms with Gasteiger partial charge in [-0.2, -0.15) is 0 Å². The van der Waals surface area contributed by atoms with Gasteiger partial charge in [0.25, 0.3) is 0 Å². The Morgan fingerprint density at radius 1 is 0.548 bits per heavy atom. The lowest BCUT2D eigenvalue weighted by atomic mass is 10.00. The Morgan fingerprint density at radius 2 is 0.959 bits per heavy atom. The number of nitrogens with two attached hydrogens (primary N) is 4. The van der Waals surface area contributed by atoms with Gasteiger partial charge in [0, 0.05) is 19.4 Å². The summed E-state index contributed by atoms with van der Waals surface area (Å²) in [4.78, 5) is 148. The van der Waals surface area contributed by atoms with Crippen molar-refractivity contribution in [3.8, 4) is 5.75 Å². The van der Waals surface area contributed by atoms with Crippen molar-refractivity contribution in [3.63, 3.8) is 0 Å². The average Bonchev–Trinajstić information content (AvgIpc) is 3.29. The predicted octanol–water partition coefficient (Wildman–Crippen LogP) is -4.86. The van der Waals surface area contributed by atoms with Crippen LogP contribution in [0, 0.1) is 11.8 Å². The van der Waals surface area contributed by atoms with Gasteiger partial charge in [0.05, 0.1) is 19.1 Å². The van der Waals surface area contributed by atoms with E-state index >= 15 is 0 Å². The number of primary amides is 1. The maximum atomic E-state index is 14.1. The molecule has 0 heterocycles. The van der Waals surface area contributed by atoms with E-state index in [1.165, 1.54) is 31.2 Å². The summed E-state index contributed by atoms with van der Waals surface area (Å²) in [5, 5.41) is 57.8. The number of hydrogen-bond donors (Lipinski definition) is 16. The Kier molecular flexibility index (Phi) is 27.5. The molecule has 0 saturated heterocycles. The van der Waals surface area contributed by atoms with E-state index in [0.29, 0.717) is 5.56 Å². The number of hydrogen-bond acceptors (Lipinski definition) is 15. The fraction of sp³-hybridized carbons (Fsp3) is 0.600. The molecule has 0 bridgehead atoms. The van der Waals surface area contributed by atoms with E-state index in [1.807, 2.05) is 0 Å². The number of aliphatic hydroxyl groups excluding tert-OH is 1. The number of carboxylic acid groups (broad SMARTS) is 2. The van der Waals surface area contributed by atoms with Gasteiger partial charge in [-0.3, -0.25) is 57.7 Å². The average molecular weight is 1040 g/mol. The van der Waals surface area contributed by atoms with Crippen molar-refractivity contribution in [3.05, 3.63) is 29.8 Å². The van der Waals surface area contributed by atoms with Gasteiger partial charge in [0.15, 0.2) is 5.96 Å². The van der Waals surface area contributed by atoms with Crippen molar-refractivity contribution >= 4 is 71.1 Å². The maximum Gasteiger partial charge on any atom is 0.325 e. The largest absolute Gasteiger partial charge is 0.508 e. The Labute approximate surface area is 421 Å². The number of carbonyl (C=O) groups is 11. The molecule has 73 heavy (non-hydrogen) atoms. The van der Waals surface area contributed by atoms with Crippen LogP contribution in [0.2, 0.25) is 0 Å². The summed E-state index contributed by atoms with van der Waals surface area (Å²) in [7, 11) is 0. The number of guanidine groups is 1. The van der Waals surface area contributed by atoms with Crippen molar-refractivity contribution in [2.75, 3.05) is 13.2 Å². The van der Waals surface area contributed by atoms with Crippen LogP contribution in [0.3, 0.4) is 0 Å². The molecule has 408 valence electrons. The minimum Gasteiger partial charge on any atom is -0.508 e. The zero-order valence-corrected chi connectivity index (χ0v) is 41.8. The van der Waals surface area contributed by atoms with E-state index in [9.17, 15) is 73.2 Å². The van der Waals surface area contributed by atoms with E-state index in [4.69, 9.17) is 22.9 Å². The van der Waals surface area contributed by atoms with E-state index in [1.54, 1.807) is 27.7 Å². The van der Waals surface area contributed by atoms with Gasteiger partial charge in [-0.05, 0) is 75.5 Å². The highest BCUT2D eigenvalue weighted by molar-refractivity contribution is 5.99. The first-order valence-corrected chi connectivity index (χ1v) is 23.4. The molecule has 0 unspecified atom stereocenters.